The minimum atomic E-state index is -0.508. The topological polar surface area (TPSA) is 111 Å². The number of hydrogen-bond donors (Lipinski definition) is 2. The van der Waals surface area contributed by atoms with Gasteiger partial charge in [0, 0.05) is 11.4 Å². The zero-order chi connectivity index (χ0) is 20.5. The van der Waals surface area contributed by atoms with Crippen LogP contribution in [-0.2, 0) is 19.1 Å². The fraction of sp³-hybridized carbons (Fsp3) is 0.200. The normalized spacial score (nSPS) is 9.93. The van der Waals surface area contributed by atoms with Gasteiger partial charge in [-0.2, -0.15) is 0 Å². The van der Waals surface area contributed by atoms with Crippen molar-refractivity contribution in [3.05, 3.63) is 59.7 Å². The Morgan fingerprint density at radius 3 is 1.57 bits per heavy atom. The Hall–Kier alpha value is -3.68. The molecule has 0 atom stereocenters. The molecule has 0 saturated carbocycles. The van der Waals surface area contributed by atoms with Crippen molar-refractivity contribution in [3.63, 3.8) is 0 Å². The van der Waals surface area contributed by atoms with E-state index in [1.165, 1.54) is 43.5 Å². The molecule has 2 rings (SSSR count). The second kappa shape index (κ2) is 9.86. The number of anilines is 2. The van der Waals surface area contributed by atoms with Crippen LogP contribution in [0.5, 0.6) is 0 Å². The number of amides is 2. The largest absolute Gasteiger partial charge is 0.465 e. The summed E-state index contributed by atoms with van der Waals surface area (Å²) in [6.07, 6.45) is -0.390. The monoisotopic (exact) mass is 384 g/mol. The molecule has 28 heavy (non-hydrogen) atoms. The SMILES string of the molecule is CCOC(=O)c1ccc(NC(=O)CC(=O)Nc2ccc(C(=O)OC)cc2)cc1. The average Bonchev–Trinajstić information content (AvgIpc) is 2.68. The number of carbonyl (C=O) groups is 4. The highest BCUT2D eigenvalue weighted by atomic mass is 16.5. The Bertz CT molecular complexity index is 859. The van der Waals surface area contributed by atoms with Gasteiger partial charge < -0.3 is 20.1 Å². The molecule has 0 saturated heterocycles. The first-order valence-corrected chi connectivity index (χ1v) is 8.48. The third-order valence-electron chi connectivity index (χ3n) is 3.59. The molecule has 8 heteroatoms. The number of benzene rings is 2. The predicted octanol–water partition coefficient (Wildman–Crippen LogP) is 2.62. The summed E-state index contributed by atoms with van der Waals surface area (Å²) in [4.78, 5) is 46.9. The molecule has 0 bridgehead atoms. The summed E-state index contributed by atoms with van der Waals surface area (Å²) in [5.41, 5.74) is 1.62. The molecule has 0 aliphatic heterocycles. The minimum Gasteiger partial charge on any atom is -0.465 e. The van der Waals surface area contributed by atoms with Crippen molar-refractivity contribution in [1.82, 2.24) is 0 Å². The number of carbonyl (C=O) groups excluding carboxylic acids is 4. The number of rotatable bonds is 7. The Kier molecular flexibility index (Phi) is 7.27. The maximum atomic E-state index is 12.0. The van der Waals surface area contributed by atoms with Gasteiger partial charge in [0.05, 0.1) is 24.8 Å². The van der Waals surface area contributed by atoms with Crippen LogP contribution < -0.4 is 10.6 Å². The van der Waals surface area contributed by atoms with Gasteiger partial charge in [0.2, 0.25) is 11.8 Å². The van der Waals surface area contributed by atoms with Crippen molar-refractivity contribution in [2.75, 3.05) is 24.4 Å². The lowest BCUT2D eigenvalue weighted by Gasteiger charge is -2.08. The van der Waals surface area contributed by atoms with Crippen LogP contribution in [0.2, 0.25) is 0 Å². The third kappa shape index (κ3) is 5.94. The van der Waals surface area contributed by atoms with E-state index in [1.54, 1.807) is 19.1 Å². The van der Waals surface area contributed by atoms with Crippen molar-refractivity contribution in [1.29, 1.82) is 0 Å². The lowest BCUT2D eigenvalue weighted by molar-refractivity contribution is -0.123. The standard InChI is InChI=1S/C20H20N2O6/c1-3-28-20(26)14-6-10-16(11-7-14)22-18(24)12-17(23)21-15-8-4-13(5-9-15)19(25)27-2/h4-11H,3,12H2,1-2H3,(H,21,23)(H,22,24). The number of methoxy groups -OCH3 is 1. The van der Waals surface area contributed by atoms with Gasteiger partial charge in [-0.05, 0) is 55.5 Å². The van der Waals surface area contributed by atoms with Crippen molar-refractivity contribution in [3.8, 4) is 0 Å². The van der Waals surface area contributed by atoms with E-state index in [0.717, 1.165) is 0 Å². The molecule has 8 nitrogen and oxygen atoms in total. The number of hydrogen-bond acceptors (Lipinski definition) is 6. The first-order valence-electron chi connectivity index (χ1n) is 8.48. The average molecular weight is 384 g/mol. The molecule has 2 aromatic rings. The quantitative estimate of drug-likeness (QED) is 0.561. The van der Waals surface area contributed by atoms with Gasteiger partial charge in [-0.1, -0.05) is 0 Å². The second-order valence-electron chi connectivity index (χ2n) is 5.64. The van der Waals surface area contributed by atoms with Crippen LogP contribution in [0.4, 0.5) is 11.4 Å². The molecule has 0 fully saturated rings. The summed E-state index contributed by atoms with van der Waals surface area (Å²) in [5, 5.41) is 5.14. The molecule has 0 heterocycles. The van der Waals surface area contributed by atoms with Gasteiger partial charge in [-0.3, -0.25) is 9.59 Å². The molecule has 0 unspecified atom stereocenters. The molecule has 0 aromatic heterocycles. The molecular formula is C20H20N2O6. The molecule has 0 aliphatic carbocycles. The van der Waals surface area contributed by atoms with Crippen molar-refractivity contribution in [2.45, 2.75) is 13.3 Å². The zero-order valence-electron chi connectivity index (χ0n) is 15.5. The first kappa shape index (κ1) is 20.6. The fourth-order valence-corrected chi connectivity index (χ4v) is 2.27. The molecule has 146 valence electrons. The molecule has 0 aliphatic rings. The molecule has 2 aromatic carbocycles. The fourth-order valence-electron chi connectivity index (χ4n) is 2.27. The van der Waals surface area contributed by atoms with E-state index in [2.05, 4.69) is 15.4 Å². The lowest BCUT2D eigenvalue weighted by atomic mass is 10.2. The van der Waals surface area contributed by atoms with Crippen molar-refractivity contribution < 1.29 is 28.7 Å². The van der Waals surface area contributed by atoms with Crippen LogP contribution in [0.3, 0.4) is 0 Å². The predicted molar refractivity (Wildman–Crippen MR) is 102 cm³/mol. The van der Waals surface area contributed by atoms with E-state index in [1.807, 2.05) is 0 Å². The van der Waals surface area contributed by atoms with Crippen LogP contribution in [0.1, 0.15) is 34.1 Å². The van der Waals surface area contributed by atoms with Crippen LogP contribution in [0.25, 0.3) is 0 Å². The smallest absolute Gasteiger partial charge is 0.338 e. The van der Waals surface area contributed by atoms with Gasteiger partial charge in [-0.15, -0.1) is 0 Å². The van der Waals surface area contributed by atoms with E-state index >= 15 is 0 Å². The van der Waals surface area contributed by atoms with Crippen LogP contribution in [0.15, 0.2) is 48.5 Å². The number of esters is 2. The number of ether oxygens (including phenoxy) is 2. The van der Waals surface area contributed by atoms with Gasteiger partial charge in [-0.25, -0.2) is 9.59 Å². The molecule has 2 N–H and O–H groups in total. The third-order valence-corrected chi connectivity index (χ3v) is 3.59. The van der Waals surface area contributed by atoms with Crippen molar-refractivity contribution >= 4 is 35.1 Å². The molecule has 0 radical (unpaired) electrons. The summed E-state index contributed by atoms with van der Waals surface area (Å²) in [6, 6.07) is 12.2. The van der Waals surface area contributed by atoms with Gasteiger partial charge in [0.25, 0.3) is 0 Å². The Morgan fingerprint density at radius 1 is 0.750 bits per heavy atom. The van der Waals surface area contributed by atoms with E-state index in [-0.39, 0.29) is 6.61 Å². The number of nitrogens with one attached hydrogen (secondary N) is 2. The highest BCUT2D eigenvalue weighted by molar-refractivity contribution is 6.08. The first-order chi connectivity index (χ1) is 13.4. The van der Waals surface area contributed by atoms with Crippen LogP contribution >= 0.6 is 0 Å². The minimum absolute atomic E-state index is 0.276. The van der Waals surface area contributed by atoms with Crippen LogP contribution in [0, 0.1) is 0 Å². The van der Waals surface area contributed by atoms with Crippen LogP contribution in [-0.4, -0.2) is 37.5 Å². The second-order valence-corrected chi connectivity index (χ2v) is 5.64. The molecular weight excluding hydrogens is 364 g/mol. The summed E-state index contributed by atoms with van der Waals surface area (Å²) in [5.74, 6) is -1.94. The van der Waals surface area contributed by atoms with E-state index in [4.69, 9.17) is 4.74 Å². The Labute approximate surface area is 161 Å². The Morgan fingerprint density at radius 2 is 1.18 bits per heavy atom. The Balaban J connectivity index is 1.86. The van der Waals surface area contributed by atoms with E-state index in [9.17, 15) is 19.2 Å². The van der Waals surface area contributed by atoms with Gasteiger partial charge in [0.1, 0.15) is 6.42 Å². The van der Waals surface area contributed by atoms with Crippen molar-refractivity contribution in [2.24, 2.45) is 0 Å². The summed E-state index contributed by atoms with van der Waals surface area (Å²) >= 11 is 0. The van der Waals surface area contributed by atoms with E-state index < -0.39 is 30.2 Å². The highest BCUT2D eigenvalue weighted by Crippen LogP contribution is 2.13. The maximum Gasteiger partial charge on any atom is 0.338 e. The van der Waals surface area contributed by atoms with Gasteiger partial charge in [0.15, 0.2) is 0 Å². The lowest BCUT2D eigenvalue weighted by Crippen LogP contribution is -2.21. The zero-order valence-corrected chi connectivity index (χ0v) is 15.5. The maximum absolute atomic E-state index is 12.0. The van der Waals surface area contributed by atoms with Gasteiger partial charge >= 0.3 is 11.9 Å². The summed E-state index contributed by atoms with van der Waals surface area (Å²) in [7, 11) is 1.28. The summed E-state index contributed by atoms with van der Waals surface area (Å²) in [6.45, 7) is 1.99. The molecule has 2 amide bonds. The molecule has 0 spiro atoms. The van der Waals surface area contributed by atoms with E-state index in [0.29, 0.717) is 22.5 Å². The highest BCUT2D eigenvalue weighted by Gasteiger charge is 2.12. The summed E-state index contributed by atoms with van der Waals surface area (Å²) < 4.78 is 9.47.